The minimum atomic E-state index is -2.18. The Morgan fingerprint density at radius 2 is 1.29 bits per heavy atom. The monoisotopic (exact) mass is 682 g/mol. The van der Waals surface area contributed by atoms with E-state index in [4.69, 9.17) is 32.8 Å². The van der Waals surface area contributed by atoms with Gasteiger partial charge in [0.05, 0.1) is 14.2 Å². The lowest BCUT2D eigenvalue weighted by Gasteiger charge is -2.41. The molecule has 0 amide bonds. The molecule has 2 aliphatic heterocycles. The molecule has 10 unspecified atom stereocenters. The number of carboxylic acid groups (broad SMARTS) is 1. The number of carbonyl (C=O) groups is 2. The van der Waals surface area contributed by atoms with E-state index in [1.54, 1.807) is 0 Å². The number of phenolic OH excluding ortho intramolecular Hbond substituents is 2. The Kier molecular flexibility index (Phi) is 9.67. The third-order valence-electron chi connectivity index (χ3n) is 7.65. The molecule has 3 heterocycles. The molecular weight excluding hydrogens is 652 g/mol. The van der Waals surface area contributed by atoms with E-state index in [0.29, 0.717) is 0 Å². The van der Waals surface area contributed by atoms with Crippen LogP contribution in [0.2, 0.25) is 0 Å². The van der Waals surface area contributed by atoms with Crippen molar-refractivity contribution in [1.29, 1.82) is 0 Å². The smallest absolute Gasteiger partial charge is 0.340 e. The van der Waals surface area contributed by atoms with Crippen LogP contribution in [0.3, 0.4) is 0 Å². The summed E-state index contributed by atoms with van der Waals surface area (Å²) in [5, 5.41) is 91.2. The lowest BCUT2D eigenvalue weighted by Crippen LogP contribution is -2.63. The number of carbonyl (C=O) groups excluding carboxylic acids is 1. The number of methoxy groups -OCH3 is 2. The molecule has 0 radical (unpaired) electrons. The maximum Gasteiger partial charge on any atom is 0.340 e. The van der Waals surface area contributed by atoms with E-state index in [9.17, 15) is 60.3 Å². The van der Waals surface area contributed by atoms with E-state index < -0.39 is 84.5 Å². The van der Waals surface area contributed by atoms with Crippen molar-refractivity contribution in [3.05, 3.63) is 40.6 Å². The summed E-state index contributed by atoms with van der Waals surface area (Å²) >= 11 is 0. The van der Waals surface area contributed by atoms with Gasteiger partial charge in [0.15, 0.2) is 29.1 Å². The fourth-order valence-electron chi connectivity index (χ4n) is 5.09. The van der Waals surface area contributed by atoms with Crippen molar-refractivity contribution in [1.82, 2.24) is 0 Å². The zero-order chi connectivity index (χ0) is 35.2. The highest BCUT2D eigenvalue weighted by molar-refractivity contribution is 5.86. The van der Waals surface area contributed by atoms with Crippen molar-refractivity contribution in [3.63, 3.8) is 0 Å². The third kappa shape index (κ3) is 6.28. The number of fused-ring (bicyclic) bond motifs is 1. The van der Waals surface area contributed by atoms with Gasteiger partial charge in [-0.1, -0.05) is 0 Å². The van der Waals surface area contributed by atoms with Crippen molar-refractivity contribution in [2.75, 3.05) is 14.2 Å². The van der Waals surface area contributed by atoms with Crippen LogP contribution in [0.4, 0.5) is 0 Å². The summed E-state index contributed by atoms with van der Waals surface area (Å²) in [5.41, 5.74) is -0.733. The minimum absolute atomic E-state index is 0.00989. The average Bonchev–Trinajstić information content (AvgIpc) is 3.04. The van der Waals surface area contributed by atoms with Crippen LogP contribution in [0.15, 0.2) is 39.5 Å². The Morgan fingerprint density at radius 3 is 1.88 bits per heavy atom. The zero-order valence-corrected chi connectivity index (χ0v) is 24.8. The minimum Gasteiger partial charge on any atom is -0.507 e. The number of hydrogen-bond acceptors (Lipinski definition) is 18. The lowest BCUT2D eigenvalue weighted by atomic mass is 9.98. The largest absolute Gasteiger partial charge is 0.507 e. The highest BCUT2D eigenvalue weighted by Crippen LogP contribution is 2.41. The Labute approximate surface area is 267 Å². The first-order valence-electron chi connectivity index (χ1n) is 13.9. The van der Waals surface area contributed by atoms with E-state index in [0.717, 1.165) is 18.2 Å². The second-order valence-electron chi connectivity index (χ2n) is 10.7. The maximum atomic E-state index is 13.0. The second kappa shape index (κ2) is 13.4. The summed E-state index contributed by atoms with van der Waals surface area (Å²) in [5.74, 6) is -4.73. The van der Waals surface area contributed by atoms with Gasteiger partial charge in [-0.2, -0.15) is 0 Å². The van der Waals surface area contributed by atoms with Gasteiger partial charge in [0.1, 0.15) is 64.9 Å². The van der Waals surface area contributed by atoms with Gasteiger partial charge in [0, 0.05) is 23.8 Å². The quantitative estimate of drug-likeness (QED) is 0.111. The molecule has 0 bridgehead atoms. The number of aliphatic hydroxyl groups is 6. The van der Waals surface area contributed by atoms with Crippen molar-refractivity contribution in [3.8, 4) is 40.1 Å². The van der Waals surface area contributed by atoms with Gasteiger partial charge in [-0.15, -0.1) is 0 Å². The number of aromatic hydroxyl groups is 2. The van der Waals surface area contributed by atoms with Gasteiger partial charge in [-0.25, -0.2) is 9.59 Å². The molecular formula is C29H30O19. The van der Waals surface area contributed by atoms with E-state index in [-0.39, 0.29) is 45.3 Å². The molecule has 3 aromatic rings. The SMILES string of the molecule is COc1cc(-c2cc(=O)c3c(O)cc(OC4OC(C(=O)OC5OC(C(=O)O)C(O)C(O)C5O)C(O)C(O)C4O)cc3o2)cc(OC)c1O. The Balaban J connectivity index is 1.41. The van der Waals surface area contributed by atoms with E-state index in [1.807, 2.05) is 0 Å². The molecule has 19 heteroatoms. The number of aliphatic hydroxyl groups excluding tert-OH is 6. The Morgan fingerprint density at radius 1 is 0.729 bits per heavy atom. The fourth-order valence-corrected chi connectivity index (χ4v) is 5.09. The first kappa shape index (κ1) is 34.6. The molecule has 1 aromatic heterocycles. The van der Waals surface area contributed by atoms with Crippen LogP contribution in [0.25, 0.3) is 22.3 Å². The Bertz CT molecular complexity index is 1730. The Hall–Kier alpha value is -4.73. The number of ether oxygens (including phenoxy) is 6. The van der Waals surface area contributed by atoms with Gasteiger partial charge in [-0.3, -0.25) is 4.79 Å². The summed E-state index contributed by atoms with van der Waals surface area (Å²) in [6.45, 7) is 0. The first-order chi connectivity index (χ1) is 22.7. The highest BCUT2D eigenvalue weighted by atomic mass is 16.7. The van der Waals surface area contributed by atoms with E-state index in [2.05, 4.69) is 0 Å². The van der Waals surface area contributed by atoms with Crippen molar-refractivity contribution in [2.24, 2.45) is 0 Å². The molecule has 260 valence electrons. The molecule has 10 atom stereocenters. The van der Waals surface area contributed by atoms with Crippen molar-refractivity contribution < 1.29 is 88.4 Å². The van der Waals surface area contributed by atoms with Crippen molar-refractivity contribution >= 4 is 22.9 Å². The zero-order valence-electron chi connectivity index (χ0n) is 24.8. The molecule has 48 heavy (non-hydrogen) atoms. The van der Waals surface area contributed by atoms with Gasteiger partial charge in [0.25, 0.3) is 0 Å². The molecule has 5 rings (SSSR count). The molecule has 0 spiro atoms. The predicted octanol–water partition coefficient (Wildman–Crippen LogP) is -2.49. The molecule has 0 saturated carbocycles. The molecule has 2 aromatic carbocycles. The highest BCUT2D eigenvalue weighted by Gasteiger charge is 2.52. The summed E-state index contributed by atoms with van der Waals surface area (Å²) < 4.78 is 36.7. The van der Waals surface area contributed by atoms with Crippen LogP contribution in [0, 0.1) is 0 Å². The number of esters is 1. The van der Waals surface area contributed by atoms with Gasteiger partial charge in [-0.05, 0) is 12.1 Å². The fraction of sp³-hybridized carbons (Fsp3) is 0.414. The first-order valence-corrected chi connectivity index (χ1v) is 13.9. The summed E-state index contributed by atoms with van der Waals surface area (Å²) in [4.78, 5) is 37.2. The number of phenols is 2. The topological polar surface area (TPSA) is 302 Å². The number of benzene rings is 2. The van der Waals surface area contributed by atoms with E-state index >= 15 is 0 Å². The number of hydrogen-bond donors (Lipinski definition) is 9. The van der Waals surface area contributed by atoms with Crippen LogP contribution in [-0.2, 0) is 23.8 Å². The van der Waals surface area contributed by atoms with E-state index in [1.165, 1.54) is 26.4 Å². The summed E-state index contributed by atoms with van der Waals surface area (Å²) in [7, 11) is 2.58. The summed E-state index contributed by atoms with van der Waals surface area (Å²) in [6, 6.07) is 5.78. The predicted molar refractivity (Wildman–Crippen MR) is 152 cm³/mol. The number of aliphatic carboxylic acids is 1. The third-order valence-corrected chi connectivity index (χ3v) is 7.65. The number of carboxylic acids is 1. The molecule has 9 N–H and O–H groups in total. The van der Waals surface area contributed by atoms with Crippen LogP contribution < -0.4 is 19.6 Å². The molecule has 2 saturated heterocycles. The van der Waals surface area contributed by atoms with Gasteiger partial charge >= 0.3 is 11.9 Å². The normalized spacial score (nSPS) is 30.4. The number of rotatable bonds is 8. The van der Waals surface area contributed by atoms with Crippen molar-refractivity contribution in [2.45, 2.75) is 61.4 Å². The lowest BCUT2D eigenvalue weighted by molar-refractivity contribution is -0.302. The van der Waals surface area contributed by atoms with Gasteiger partial charge in [0.2, 0.25) is 18.3 Å². The summed E-state index contributed by atoms with van der Waals surface area (Å²) in [6.07, 6.45) is -21.2. The molecule has 2 aliphatic rings. The van der Waals surface area contributed by atoms with Crippen LogP contribution in [-0.4, -0.2) is 134 Å². The van der Waals surface area contributed by atoms with Crippen LogP contribution >= 0.6 is 0 Å². The molecule has 2 fully saturated rings. The van der Waals surface area contributed by atoms with Crippen LogP contribution in [0.1, 0.15) is 0 Å². The average molecular weight is 683 g/mol. The standard InChI is InChI=1S/C29H30O19/c1-42-14-3-8(4-15(43-2)17(14)32)12-7-11(31)16-10(30)5-9(6-13(16)45-12)44-28-22(37)19(34)21(36)25(47-28)27(41)48-29-23(38)18(33)20(35)24(46-29)26(39)40/h3-7,18-25,28-30,32-38H,1-2H3,(H,39,40). The molecule has 0 aliphatic carbocycles. The molecule has 19 nitrogen and oxygen atoms in total. The maximum absolute atomic E-state index is 13.0. The van der Waals surface area contributed by atoms with Crippen LogP contribution in [0.5, 0.6) is 28.7 Å². The van der Waals surface area contributed by atoms with Gasteiger partial charge < -0.3 is 78.8 Å². The second-order valence-corrected chi connectivity index (χ2v) is 10.7.